The second kappa shape index (κ2) is 13.2. The summed E-state index contributed by atoms with van der Waals surface area (Å²) in [4.78, 5) is 16.0. The average Bonchev–Trinajstić information content (AvgIpc) is 3.61. The molecule has 0 saturated heterocycles. The highest BCUT2D eigenvalue weighted by Gasteiger charge is 2.27. The first-order chi connectivity index (χ1) is 30.2. The van der Waals surface area contributed by atoms with Gasteiger partial charge in [0.2, 0.25) is 0 Å². The van der Waals surface area contributed by atoms with E-state index in [4.69, 9.17) is 15.0 Å². The van der Waals surface area contributed by atoms with Gasteiger partial charge in [-0.1, -0.05) is 182 Å². The summed E-state index contributed by atoms with van der Waals surface area (Å²) in [7, 11) is 0. The molecule has 1 aliphatic carbocycles. The van der Waals surface area contributed by atoms with E-state index in [9.17, 15) is 0 Å². The van der Waals surface area contributed by atoms with Crippen LogP contribution in [0.1, 0.15) is 0 Å². The van der Waals surface area contributed by atoms with Crippen molar-refractivity contribution in [1.29, 1.82) is 0 Å². The van der Waals surface area contributed by atoms with E-state index in [1.807, 2.05) is 6.07 Å². The van der Waals surface area contributed by atoms with Crippen LogP contribution in [0.25, 0.3) is 127 Å². The van der Waals surface area contributed by atoms with Gasteiger partial charge >= 0.3 is 0 Å². The lowest BCUT2D eigenvalue weighted by Gasteiger charge is -2.18. The highest BCUT2D eigenvalue weighted by Crippen LogP contribution is 2.50. The lowest BCUT2D eigenvalue weighted by molar-refractivity contribution is 1.07. The van der Waals surface area contributed by atoms with E-state index < -0.39 is 0 Å². The normalized spacial score (nSPS) is 11.9. The molecule has 2 aromatic heterocycles. The molecular weight excluding hydrogens is 741 g/mol. The molecule has 0 unspecified atom stereocenters. The maximum atomic E-state index is 5.40. The Morgan fingerprint density at radius 1 is 0.279 bits per heavy atom. The minimum Gasteiger partial charge on any atom is -0.308 e. The van der Waals surface area contributed by atoms with Gasteiger partial charge in [-0.3, -0.25) is 0 Å². The zero-order valence-electron chi connectivity index (χ0n) is 32.9. The molecule has 0 spiro atoms. The molecule has 61 heavy (non-hydrogen) atoms. The lowest BCUT2D eigenvalue weighted by atomic mass is 9.93. The van der Waals surface area contributed by atoms with Crippen LogP contribution in [0.15, 0.2) is 206 Å². The van der Waals surface area contributed by atoms with Crippen LogP contribution < -0.4 is 0 Å². The van der Waals surface area contributed by atoms with E-state index >= 15 is 0 Å². The van der Waals surface area contributed by atoms with Crippen LogP contribution in [0.2, 0.25) is 0 Å². The third-order valence-electron chi connectivity index (χ3n) is 12.6. The summed E-state index contributed by atoms with van der Waals surface area (Å²) in [6.45, 7) is 0. The Labute approximate surface area is 351 Å². The van der Waals surface area contributed by atoms with Crippen molar-refractivity contribution >= 4 is 54.1 Å². The number of nitrogens with zero attached hydrogens (tertiary/aromatic N) is 4. The minimum absolute atomic E-state index is 0.617. The van der Waals surface area contributed by atoms with Gasteiger partial charge in [-0.2, -0.15) is 0 Å². The first-order valence-electron chi connectivity index (χ1n) is 20.8. The van der Waals surface area contributed by atoms with Crippen molar-refractivity contribution in [3.63, 3.8) is 0 Å². The molecule has 0 bridgehead atoms. The van der Waals surface area contributed by atoms with Crippen molar-refractivity contribution in [2.45, 2.75) is 0 Å². The molecule has 0 fully saturated rings. The van der Waals surface area contributed by atoms with Gasteiger partial charge in [-0.25, -0.2) is 15.0 Å². The van der Waals surface area contributed by atoms with Gasteiger partial charge in [-0.05, 0) is 84.6 Å². The highest BCUT2D eigenvalue weighted by molar-refractivity contribution is 6.30. The molecule has 0 saturated carbocycles. The zero-order chi connectivity index (χ0) is 40.0. The molecule has 12 aromatic rings. The fourth-order valence-corrected chi connectivity index (χ4v) is 9.77. The molecule has 282 valence electrons. The molecule has 1 aliphatic rings. The van der Waals surface area contributed by atoms with Crippen LogP contribution in [0.4, 0.5) is 0 Å². The SMILES string of the molecule is c1ccc(-c2ccc(-c3nc(-c4ccc5ccccc5c4)nc(-c4ccc5ccccc5c4-n4c5cccc6c5c5c7c(cccc7ccc54)-c4ccccc4-6)n3)cc2)cc1. The Morgan fingerprint density at radius 2 is 0.820 bits per heavy atom. The van der Waals surface area contributed by atoms with E-state index in [0.29, 0.717) is 17.5 Å². The van der Waals surface area contributed by atoms with Gasteiger partial charge in [0.05, 0.1) is 16.7 Å². The van der Waals surface area contributed by atoms with Gasteiger partial charge in [0.15, 0.2) is 17.5 Å². The number of hydrogen-bond donors (Lipinski definition) is 0. The summed E-state index contributed by atoms with van der Waals surface area (Å²) < 4.78 is 2.48. The first kappa shape index (κ1) is 33.7. The minimum atomic E-state index is 0.617. The van der Waals surface area contributed by atoms with Crippen molar-refractivity contribution in [1.82, 2.24) is 19.5 Å². The molecule has 0 radical (unpaired) electrons. The fourth-order valence-electron chi connectivity index (χ4n) is 9.77. The van der Waals surface area contributed by atoms with Crippen LogP contribution in [0, 0.1) is 0 Å². The van der Waals surface area contributed by atoms with E-state index in [1.165, 1.54) is 54.7 Å². The number of rotatable bonds is 5. The molecular formula is C57H34N4. The second-order valence-electron chi connectivity index (χ2n) is 15.9. The van der Waals surface area contributed by atoms with Crippen LogP contribution in [-0.2, 0) is 0 Å². The molecule has 0 N–H and O–H groups in total. The van der Waals surface area contributed by atoms with Gasteiger partial charge in [0, 0.05) is 32.8 Å². The van der Waals surface area contributed by atoms with Gasteiger partial charge < -0.3 is 4.57 Å². The number of aromatic nitrogens is 4. The molecule has 0 atom stereocenters. The summed E-state index contributed by atoms with van der Waals surface area (Å²) >= 11 is 0. The average molecular weight is 775 g/mol. The topological polar surface area (TPSA) is 43.6 Å². The van der Waals surface area contributed by atoms with Crippen molar-refractivity contribution in [3.05, 3.63) is 206 Å². The second-order valence-corrected chi connectivity index (χ2v) is 15.9. The Balaban J connectivity index is 1.12. The molecule has 4 nitrogen and oxygen atoms in total. The summed E-state index contributed by atoms with van der Waals surface area (Å²) in [5.41, 5.74) is 13.4. The summed E-state index contributed by atoms with van der Waals surface area (Å²) in [5, 5.41) is 9.61. The van der Waals surface area contributed by atoms with E-state index in [-0.39, 0.29) is 0 Å². The standard InChI is InChI=1S/C57H34N4/c1-2-12-35(13-3-1)37-24-27-40(28-25-37)55-58-56(42-29-26-36-14-4-5-16-41(36)34-42)60-57(59-55)48-32-30-38-15-6-7-18-43(38)54(48)61-49-23-11-22-47-45-20-9-8-19-44(45)46-21-10-17-39-31-33-50(61)53(51(39)46)52(47)49/h1-34H. The monoisotopic (exact) mass is 774 g/mol. The lowest BCUT2D eigenvalue weighted by Crippen LogP contribution is -2.04. The Kier molecular flexibility index (Phi) is 7.27. The van der Waals surface area contributed by atoms with Crippen LogP contribution in [-0.4, -0.2) is 19.5 Å². The van der Waals surface area contributed by atoms with Crippen molar-refractivity contribution < 1.29 is 0 Å². The van der Waals surface area contributed by atoms with Crippen molar-refractivity contribution in [2.75, 3.05) is 0 Å². The Morgan fingerprint density at radius 3 is 1.64 bits per heavy atom. The molecule has 13 rings (SSSR count). The summed E-state index contributed by atoms with van der Waals surface area (Å²) in [6.07, 6.45) is 0. The number of fused-ring (bicyclic) bond motifs is 5. The van der Waals surface area contributed by atoms with E-state index in [1.54, 1.807) is 0 Å². The summed E-state index contributed by atoms with van der Waals surface area (Å²) in [5.74, 6) is 1.87. The Bertz CT molecular complexity index is 3750. The van der Waals surface area contributed by atoms with Crippen molar-refractivity contribution in [2.24, 2.45) is 0 Å². The van der Waals surface area contributed by atoms with Gasteiger partial charge in [-0.15, -0.1) is 0 Å². The van der Waals surface area contributed by atoms with Crippen molar-refractivity contribution in [3.8, 4) is 73.2 Å². The highest BCUT2D eigenvalue weighted by atomic mass is 15.1. The third-order valence-corrected chi connectivity index (χ3v) is 12.6. The molecule has 0 amide bonds. The Hall–Kier alpha value is -8.21. The first-order valence-corrected chi connectivity index (χ1v) is 20.8. The molecule has 10 aromatic carbocycles. The van der Waals surface area contributed by atoms with Crippen LogP contribution in [0.3, 0.4) is 0 Å². The van der Waals surface area contributed by atoms with Crippen LogP contribution in [0.5, 0.6) is 0 Å². The zero-order valence-corrected chi connectivity index (χ0v) is 32.9. The molecule has 0 aliphatic heterocycles. The predicted octanol–water partition coefficient (Wildman–Crippen LogP) is 14.7. The largest absolute Gasteiger partial charge is 0.308 e. The molecule has 4 heteroatoms. The van der Waals surface area contributed by atoms with Gasteiger partial charge in [0.1, 0.15) is 0 Å². The number of benzene rings is 10. The quantitative estimate of drug-likeness (QED) is 0.175. The van der Waals surface area contributed by atoms with E-state index in [2.05, 4.69) is 205 Å². The maximum absolute atomic E-state index is 5.40. The smallest absolute Gasteiger partial charge is 0.166 e. The summed E-state index contributed by atoms with van der Waals surface area (Å²) in [6, 6.07) is 73.9. The molecule has 2 heterocycles. The maximum Gasteiger partial charge on any atom is 0.166 e. The van der Waals surface area contributed by atoms with Crippen LogP contribution >= 0.6 is 0 Å². The predicted molar refractivity (Wildman–Crippen MR) is 253 cm³/mol. The number of hydrogen-bond acceptors (Lipinski definition) is 3. The third kappa shape index (κ3) is 5.16. The van der Waals surface area contributed by atoms with E-state index in [0.717, 1.165) is 55.1 Å². The fraction of sp³-hybridized carbons (Fsp3) is 0. The van der Waals surface area contributed by atoms with Gasteiger partial charge in [0.25, 0.3) is 0 Å².